The predicted octanol–water partition coefficient (Wildman–Crippen LogP) is 3.25. The molecule has 1 aliphatic rings. The minimum Gasteiger partial charge on any atom is -0.512 e. The lowest BCUT2D eigenvalue weighted by molar-refractivity contribution is -0.124. The monoisotopic (exact) mass is 270 g/mol. The van der Waals surface area contributed by atoms with E-state index in [2.05, 4.69) is 0 Å². The molecule has 0 unspecified atom stereocenters. The van der Waals surface area contributed by atoms with Crippen LogP contribution in [0.2, 0.25) is 5.02 Å². The average Bonchev–Trinajstić information content (AvgIpc) is 2.62. The van der Waals surface area contributed by atoms with E-state index in [0.717, 1.165) is 4.88 Å². The summed E-state index contributed by atoms with van der Waals surface area (Å²) in [6.07, 6.45) is 0.471. The molecule has 1 aromatic rings. The molecule has 0 aliphatic heterocycles. The molecule has 1 N–H and O–H groups in total. The number of carbonyl (C=O) groups excluding carboxylic acids is 2. The molecule has 1 fully saturated rings. The molecule has 0 spiro atoms. The third-order valence-corrected chi connectivity index (χ3v) is 4.32. The third-order valence-electron chi connectivity index (χ3n) is 2.80. The molecule has 2 rings (SSSR count). The zero-order chi connectivity index (χ0) is 12.6. The fraction of sp³-hybridized carbons (Fsp3) is 0.333. The molecule has 1 aromatic heterocycles. The second kappa shape index (κ2) is 4.63. The standard InChI is InChI=1S/C12H11ClO3S/c1-6(14)11-9(15)4-7(5-10(11)16)12-8(13)2-3-17-12/h2-3,7,14H,4-5H2,1H3. The van der Waals surface area contributed by atoms with Gasteiger partial charge in [0.05, 0.1) is 10.6 Å². The van der Waals surface area contributed by atoms with Crippen molar-refractivity contribution in [3.05, 3.63) is 32.7 Å². The highest BCUT2D eigenvalue weighted by molar-refractivity contribution is 7.10. The van der Waals surface area contributed by atoms with Crippen molar-refractivity contribution in [1.82, 2.24) is 0 Å². The summed E-state index contributed by atoms with van der Waals surface area (Å²) in [4.78, 5) is 24.4. The number of allylic oxidation sites excluding steroid dienone is 2. The van der Waals surface area contributed by atoms with Crippen LogP contribution in [0, 0.1) is 0 Å². The fourth-order valence-electron chi connectivity index (χ4n) is 2.07. The lowest BCUT2D eigenvalue weighted by atomic mass is 9.82. The predicted molar refractivity (Wildman–Crippen MR) is 66.6 cm³/mol. The van der Waals surface area contributed by atoms with Crippen LogP contribution in [0.3, 0.4) is 0 Å². The molecule has 0 amide bonds. The Morgan fingerprint density at radius 2 is 2.00 bits per heavy atom. The van der Waals surface area contributed by atoms with Crippen LogP contribution in [-0.4, -0.2) is 16.7 Å². The highest BCUT2D eigenvalue weighted by atomic mass is 35.5. The molecule has 0 radical (unpaired) electrons. The summed E-state index contributed by atoms with van der Waals surface area (Å²) in [5, 5.41) is 11.8. The maximum absolute atomic E-state index is 11.8. The Bertz CT molecular complexity index is 492. The molecule has 0 aromatic carbocycles. The molecular weight excluding hydrogens is 260 g/mol. The minimum atomic E-state index is -0.296. The Hall–Kier alpha value is -1.13. The smallest absolute Gasteiger partial charge is 0.170 e. The van der Waals surface area contributed by atoms with E-state index in [1.54, 1.807) is 6.07 Å². The first-order chi connectivity index (χ1) is 8.00. The number of ketones is 2. The molecule has 0 saturated heterocycles. The van der Waals surface area contributed by atoms with Gasteiger partial charge in [-0.2, -0.15) is 0 Å². The van der Waals surface area contributed by atoms with Gasteiger partial charge in [-0.3, -0.25) is 9.59 Å². The number of aliphatic hydroxyl groups is 1. The number of aliphatic hydroxyl groups excluding tert-OH is 1. The summed E-state index contributed by atoms with van der Waals surface area (Å²) in [5.41, 5.74) is -0.0473. The van der Waals surface area contributed by atoms with Gasteiger partial charge in [0, 0.05) is 23.6 Å². The molecule has 0 bridgehead atoms. The first-order valence-corrected chi connectivity index (χ1v) is 6.45. The molecule has 1 heterocycles. The first-order valence-electron chi connectivity index (χ1n) is 5.19. The zero-order valence-electron chi connectivity index (χ0n) is 9.20. The Balaban J connectivity index is 2.30. The van der Waals surface area contributed by atoms with Gasteiger partial charge in [0.1, 0.15) is 5.76 Å². The number of rotatable bonds is 1. The van der Waals surface area contributed by atoms with Crippen molar-refractivity contribution < 1.29 is 14.7 Å². The molecule has 1 saturated carbocycles. The van der Waals surface area contributed by atoms with Gasteiger partial charge >= 0.3 is 0 Å². The van der Waals surface area contributed by atoms with Crippen molar-refractivity contribution in [2.24, 2.45) is 0 Å². The van der Waals surface area contributed by atoms with E-state index in [-0.39, 0.29) is 41.7 Å². The highest BCUT2D eigenvalue weighted by Gasteiger charge is 2.34. The number of carbonyl (C=O) groups is 2. The van der Waals surface area contributed by atoms with E-state index >= 15 is 0 Å². The summed E-state index contributed by atoms with van der Waals surface area (Å²) in [6, 6.07) is 1.76. The van der Waals surface area contributed by atoms with Gasteiger partial charge in [0.25, 0.3) is 0 Å². The number of Topliss-reactive ketones (excluding diaryl/α,β-unsaturated/α-hetero) is 2. The van der Waals surface area contributed by atoms with Crippen LogP contribution in [0.4, 0.5) is 0 Å². The van der Waals surface area contributed by atoms with E-state index in [9.17, 15) is 14.7 Å². The summed E-state index contributed by atoms with van der Waals surface area (Å²) < 4.78 is 0. The van der Waals surface area contributed by atoms with Crippen LogP contribution >= 0.6 is 22.9 Å². The van der Waals surface area contributed by atoms with E-state index in [4.69, 9.17) is 11.6 Å². The van der Waals surface area contributed by atoms with Crippen LogP contribution in [0.25, 0.3) is 0 Å². The zero-order valence-corrected chi connectivity index (χ0v) is 10.8. The van der Waals surface area contributed by atoms with Crippen LogP contribution < -0.4 is 0 Å². The van der Waals surface area contributed by atoms with E-state index in [1.807, 2.05) is 5.38 Å². The summed E-state index contributed by atoms with van der Waals surface area (Å²) >= 11 is 7.45. The molecule has 5 heteroatoms. The molecular formula is C12H11ClO3S. The van der Waals surface area contributed by atoms with Gasteiger partial charge in [-0.25, -0.2) is 0 Å². The number of hydrogen-bond donors (Lipinski definition) is 1. The van der Waals surface area contributed by atoms with Crippen molar-refractivity contribution in [2.75, 3.05) is 0 Å². The average molecular weight is 271 g/mol. The minimum absolute atomic E-state index is 0.0473. The number of thiophene rings is 1. The Kier molecular flexibility index (Phi) is 3.35. The third kappa shape index (κ3) is 2.28. The second-order valence-electron chi connectivity index (χ2n) is 4.04. The molecule has 90 valence electrons. The maximum Gasteiger partial charge on any atom is 0.170 e. The van der Waals surface area contributed by atoms with E-state index < -0.39 is 0 Å². The van der Waals surface area contributed by atoms with Gasteiger partial charge < -0.3 is 5.11 Å². The largest absolute Gasteiger partial charge is 0.512 e. The van der Waals surface area contributed by atoms with Crippen LogP contribution in [0.1, 0.15) is 30.6 Å². The lowest BCUT2D eigenvalue weighted by Crippen LogP contribution is -2.25. The number of hydrogen-bond acceptors (Lipinski definition) is 4. The van der Waals surface area contributed by atoms with Crippen molar-refractivity contribution in [3.8, 4) is 0 Å². The fourth-order valence-corrected chi connectivity index (χ4v) is 3.38. The molecule has 3 nitrogen and oxygen atoms in total. The Morgan fingerprint density at radius 3 is 2.41 bits per heavy atom. The molecule has 17 heavy (non-hydrogen) atoms. The highest BCUT2D eigenvalue weighted by Crippen LogP contribution is 2.38. The van der Waals surface area contributed by atoms with Crippen molar-refractivity contribution in [1.29, 1.82) is 0 Å². The van der Waals surface area contributed by atoms with Crippen LogP contribution in [0.5, 0.6) is 0 Å². The van der Waals surface area contributed by atoms with Gasteiger partial charge in [-0.15, -0.1) is 11.3 Å². The lowest BCUT2D eigenvalue weighted by Gasteiger charge is -2.21. The van der Waals surface area contributed by atoms with Crippen molar-refractivity contribution in [3.63, 3.8) is 0 Å². The van der Waals surface area contributed by atoms with Gasteiger partial charge in [-0.1, -0.05) is 11.6 Å². The number of halogens is 1. The first kappa shape index (κ1) is 12.3. The normalized spacial score (nSPS) is 20.8. The summed E-state index contributed by atoms with van der Waals surface area (Å²) in [6.45, 7) is 1.36. The SMILES string of the molecule is CC(O)=C1C(=O)CC(c2sccc2Cl)CC1=O. The van der Waals surface area contributed by atoms with Gasteiger partial charge in [0.2, 0.25) is 0 Å². The van der Waals surface area contributed by atoms with Crippen molar-refractivity contribution in [2.45, 2.75) is 25.7 Å². The summed E-state index contributed by atoms with van der Waals surface area (Å²) in [7, 11) is 0. The molecule has 0 atom stereocenters. The maximum atomic E-state index is 11.8. The van der Waals surface area contributed by atoms with Gasteiger partial charge in [0.15, 0.2) is 11.6 Å². The second-order valence-corrected chi connectivity index (χ2v) is 5.40. The van der Waals surface area contributed by atoms with Gasteiger partial charge in [-0.05, 0) is 18.4 Å². The molecule has 1 aliphatic carbocycles. The van der Waals surface area contributed by atoms with E-state index in [1.165, 1.54) is 18.3 Å². The Morgan fingerprint density at radius 1 is 1.41 bits per heavy atom. The quantitative estimate of drug-likeness (QED) is 0.484. The van der Waals surface area contributed by atoms with Crippen LogP contribution in [0.15, 0.2) is 22.8 Å². The van der Waals surface area contributed by atoms with Crippen molar-refractivity contribution >= 4 is 34.5 Å². The topological polar surface area (TPSA) is 54.4 Å². The van der Waals surface area contributed by atoms with Crippen LogP contribution in [-0.2, 0) is 9.59 Å². The van der Waals surface area contributed by atoms with E-state index in [0.29, 0.717) is 5.02 Å². The Labute approximate surface area is 108 Å². The summed E-state index contributed by atoms with van der Waals surface area (Å²) in [5.74, 6) is -0.923.